The number of hydrogen-bond donors (Lipinski definition) is 2. The van der Waals surface area contributed by atoms with Crippen LogP contribution in [0.15, 0.2) is 24.3 Å². The van der Waals surface area contributed by atoms with Crippen LogP contribution in [0.2, 0.25) is 0 Å². The van der Waals surface area contributed by atoms with Crippen LogP contribution in [0.1, 0.15) is 38.2 Å². The largest absolute Gasteiger partial charge is 0.467 e. The summed E-state index contributed by atoms with van der Waals surface area (Å²) < 4.78 is 18.6. The van der Waals surface area contributed by atoms with Crippen molar-refractivity contribution in [3.8, 4) is 6.07 Å². The number of ether oxygens (including phenoxy) is 1. The Bertz CT molecular complexity index is 702. The van der Waals surface area contributed by atoms with Gasteiger partial charge >= 0.3 is 5.97 Å². The van der Waals surface area contributed by atoms with E-state index in [1.807, 2.05) is 6.07 Å². The summed E-state index contributed by atoms with van der Waals surface area (Å²) in [5.74, 6) is -2.16. The Labute approximate surface area is 157 Å². The third-order valence-electron chi connectivity index (χ3n) is 3.91. The second-order valence-corrected chi connectivity index (χ2v) is 6.04. The number of methoxy groups -OCH3 is 1. The number of nitrogens with one attached hydrogen (secondary N) is 2. The molecule has 2 atom stereocenters. The second-order valence-electron chi connectivity index (χ2n) is 6.04. The number of unbranched alkanes of at least 4 members (excludes halogenated alkanes) is 2. The molecule has 2 amide bonds. The smallest absolute Gasteiger partial charge is 0.328 e. The SMILES string of the molecule is COC(=O)[C@H](CCCCC#N)NC(=O)[C@@H](Cc1ccccc1F)NC(C)=O. The molecule has 0 saturated heterocycles. The lowest BCUT2D eigenvalue weighted by molar-refractivity contribution is -0.145. The highest BCUT2D eigenvalue weighted by atomic mass is 19.1. The van der Waals surface area contributed by atoms with Gasteiger partial charge in [0.15, 0.2) is 0 Å². The summed E-state index contributed by atoms with van der Waals surface area (Å²) >= 11 is 0. The van der Waals surface area contributed by atoms with Crippen molar-refractivity contribution in [2.45, 2.75) is 51.1 Å². The van der Waals surface area contributed by atoms with Crippen molar-refractivity contribution in [3.63, 3.8) is 0 Å². The number of carbonyl (C=O) groups is 3. The lowest BCUT2D eigenvalue weighted by atomic mass is 10.0. The van der Waals surface area contributed by atoms with E-state index >= 15 is 0 Å². The molecule has 0 heterocycles. The molecule has 0 radical (unpaired) electrons. The molecule has 0 aliphatic heterocycles. The fourth-order valence-corrected chi connectivity index (χ4v) is 2.55. The van der Waals surface area contributed by atoms with Crippen LogP contribution in [0.4, 0.5) is 4.39 Å². The Morgan fingerprint density at radius 1 is 1.19 bits per heavy atom. The first-order valence-corrected chi connectivity index (χ1v) is 8.64. The highest BCUT2D eigenvalue weighted by molar-refractivity contribution is 5.90. The van der Waals surface area contributed by atoms with Crippen LogP contribution < -0.4 is 10.6 Å². The molecule has 2 N–H and O–H groups in total. The number of halogens is 1. The zero-order valence-corrected chi connectivity index (χ0v) is 15.5. The summed E-state index contributed by atoms with van der Waals surface area (Å²) in [6, 6.07) is 6.02. The summed E-state index contributed by atoms with van der Waals surface area (Å²) in [6.45, 7) is 1.25. The van der Waals surface area contributed by atoms with Gasteiger partial charge in [0.2, 0.25) is 11.8 Å². The zero-order valence-electron chi connectivity index (χ0n) is 15.5. The highest BCUT2D eigenvalue weighted by Gasteiger charge is 2.27. The van der Waals surface area contributed by atoms with Gasteiger partial charge in [0.05, 0.1) is 13.2 Å². The molecular formula is C19H24FN3O4. The van der Waals surface area contributed by atoms with Gasteiger partial charge in [-0.2, -0.15) is 5.26 Å². The van der Waals surface area contributed by atoms with E-state index in [-0.39, 0.29) is 12.0 Å². The molecule has 0 aromatic heterocycles. The van der Waals surface area contributed by atoms with E-state index in [0.717, 1.165) is 0 Å². The topological polar surface area (TPSA) is 108 Å². The van der Waals surface area contributed by atoms with E-state index in [4.69, 9.17) is 10.00 Å². The van der Waals surface area contributed by atoms with Crippen LogP contribution >= 0.6 is 0 Å². The predicted molar refractivity (Wildman–Crippen MR) is 95.7 cm³/mol. The van der Waals surface area contributed by atoms with E-state index in [0.29, 0.717) is 25.7 Å². The lowest BCUT2D eigenvalue weighted by Gasteiger charge is -2.22. The van der Waals surface area contributed by atoms with Crippen LogP contribution in [0.3, 0.4) is 0 Å². The van der Waals surface area contributed by atoms with Gasteiger partial charge in [-0.3, -0.25) is 9.59 Å². The summed E-state index contributed by atoms with van der Waals surface area (Å²) in [5, 5.41) is 13.6. The maximum Gasteiger partial charge on any atom is 0.328 e. The average molecular weight is 377 g/mol. The Morgan fingerprint density at radius 3 is 2.48 bits per heavy atom. The van der Waals surface area contributed by atoms with Crippen molar-refractivity contribution in [3.05, 3.63) is 35.6 Å². The lowest BCUT2D eigenvalue weighted by Crippen LogP contribution is -2.52. The average Bonchev–Trinajstić information content (AvgIpc) is 2.64. The van der Waals surface area contributed by atoms with Crippen molar-refractivity contribution < 1.29 is 23.5 Å². The molecule has 1 rings (SSSR count). The van der Waals surface area contributed by atoms with Crippen LogP contribution in [0, 0.1) is 17.1 Å². The summed E-state index contributed by atoms with van der Waals surface area (Å²) in [4.78, 5) is 36.0. The molecule has 0 bridgehead atoms. The van der Waals surface area contributed by atoms with Crippen LogP contribution in [0.25, 0.3) is 0 Å². The molecule has 7 nitrogen and oxygen atoms in total. The van der Waals surface area contributed by atoms with Crippen molar-refractivity contribution in [2.75, 3.05) is 7.11 Å². The quantitative estimate of drug-likeness (QED) is 0.476. The number of hydrogen-bond acceptors (Lipinski definition) is 5. The number of nitriles is 1. The van der Waals surface area contributed by atoms with Crippen molar-refractivity contribution in [2.24, 2.45) is 0 Å². The van der Waals surface area contributed by atoms with Crippen molar-refractivity contribution in [1.82, 2.24) is 10.6 Å². The van der Waals surface area contributed by atoms with Gasteiger partial charge in [0.25, 0.3) is 0 Å². The minimum absolute atomic E-state index is 0.0551. The van der Waals surface area contributed by atoms with E-state index in [9.17, 15) is 18.8 Å². The first-order chi connectivity index (χ1) is 12.9. The molecule has 1 aromatic carbocycles. The first kappa shape index (κ1) is 22.1. The molecule has 0 aliphatic rings. The van der Waals surface area contributed by atoms with Crippen LogP contribution in [-0.2, 0) is 25.5 Å². The first-order valence-electron chi connectivity index (χ1n) is 8.64. The van der Waals surface area contributed by atoms with Gasteiger partial charge in [-0.25, -0.2) is 9.18 Å². The number of rotatable bonds is 10. The van der Waals surface area contributed by atoms with Crippen LogP contribution in [-0.4, -0.2) is 37.0 Å². The van der Waals surface area contributed by atoms with Gasteiger partial charge in [0, 0.05) is 19.8 Å². The number of carbonyl (C=O) groups excluding carboxylic acids is 3. The van der Waals surface area contributed by atoms with E-state index in [2.05, 4.69) is 10.6 Å². The Balaban J connectivity index is 2.85. The number of nitrogens with zero attached hydrogens (tertiary/aromatic N) is 1. The van der Waals surface area contributed by atoms with Gasteiger partial charge in [-0.1, -0.05) is 18.2 Å². The second kappa shape index (κ2) is 11.6. The van der Waals surface area contributed by atoms with Gasteiger partial charge < -0.3 is 15.4 Å². The summed E-state index contributed by atoms with van der Waals surface area (Å²) in [5.41, 5.74) is 0.273. The van der Waals surface area contributed by atoms with Crippen molar-refractivity contribution >= 4 is 17.8 Å². The van der Waals surface area contributed by atoms with E-state index in [1.54, 1.807) is 6.07 Å². The molecule has 27 heavy (non-hydrogen) atoms. The van der Waals surface area contributed by atoms with Crippen LogP contribution in [0.5, 0.6) is 0 Å². The highest BCUT2D eigenvalue weighted by Crippen LogP contribution is 2.11. The Hall–Kier alpha value is -2.95. The molecule has 0 aliphatic carbocycles. The fraction of sp³-hybridized carbons (Fsp3) is 0.474. The molecule has 1 aromatic rings. The number of esters is 1. The maximum atomic E-state index is 13.9. The summed E-state index contributed by atoms with van der Waals surface area (Å²) in [7, 11) is 1.21. The molecule has 0 spiro atoms. The fourth-order valence-electron chi connectivity index (χ4n) is 2.55. The predicted octanol–water partition coefficient (Wildman–Crippen LogP) is 1.61. The van der Waals surface area contributed by atoms with Crippen molar-refractivity contribution in [1.29, 1.82) is 5.26 Å². The third-order valence-corrected chi connectivity index (χ3v) is 3.91. The normalized spacial score (nSPS) is 12.4. The third kappa shape index (κ3) is 7.86. The van der Waals surface area contributed by atoms with E-state index < -0.39 is 35.7 Å². The molecule has 146 valence electrons. The molecule has 8 heteroatoms. The maximum absolute atomic E-state index is 13.9. The standard InChI is InChI=1S/C19H24FN3O4/c1-13(24)22-17(12-14-8-5-6-9-15(14)20)18(25)23-16(19(26)27-2)10-4-3-7-11-21/h5-6,8-9,16-17H,3-4,7,10,12H2,1-2H3,(H,22,24)(H,23,25)/t16-,17+/m0/s1. The molecule has 0 saturated carbocycles. The molecular weight excluding hydrogens is 353 g/mol. The Morgan fingerprint density at radius 2 is 1.89 bits per heavy atom. The zero-order chi connectivity index (χ0) is 20.2. The number of benzene rings is 1. The number of amides is 2. The molecule has 0 unspecified atom stereocenters. The van der Waals surface area contributed by atoms with Gasteiger partial charge in [-0.05, 0) is 30.9 Å². The van der Waals surface area contributed by atoms with Gasteiger partial charge in [-0.15, -0.1) is 0 Å². The Kier molecular flexibility index (Phi) is 9.51. The monoisotopic (exact) mass is 377 g/mol. The minimum atomic E-state index is -1.04. The molecule has 0 fully saturated rings. The van der Waals surface area contributed by atoms with Gasteiger partial charge in [0.1, 0.15) is 17.9 Å². The summed E-state index contributed by atoms with van der Waals surface area (Å²) in [6.07, 6.45) is 1.73. The minimum Gasteiger partial charge on any atom is -0.467 e. The van der Waals surface area contributed by atoms with E-state index in [1.165, 1.54) is 32.2 Å².